The van der Waals surface area contributed by atoms with Gasteiger partial charge >= 0.3 is 5.97 Å². The predicted octanol–water partition coefficient (Wildman–Crippen LogP) is 2.59. The van der Waals surface area contributed by atoms with Gasteiger partial charge in [-0.05, 0) is 41.9 Å². The highest BCUT2D eigenvalue weighted by atomic mass is 16.5. The van der Waals surface area contributed by atoms with Crippen molar-refractivity contribution >= 4 is 5.97 Å². The molecule has 3 heteroatoms. The van der Waals surface area contributed by atoms with Crippen LogP contribution in [0.25, 0.3) is 0 Å². The van der Waals surface area contributed by atoms with Gasteiger partial charge < -0.3 is 9.84 Å². The van der Waals surface area contributed by atoms with E-state index >= 15 is 0 Å². The van der Waals surface area contributed by atoms with Gasteiger partial charge in [-0.3, -0.25) is 4.79 Å². The maximum atomic E-state index is 10.9. The molecule has 2 aliphatic rings. The third-order valence-electron chi connectivity index (χ3n) is 3.73. The first-order valence-corrected chi connectivity index (χ1v) is 6.21. The molecule has 90 valence electrons. The lowest BCUT2D eigenvalue weighted by Gasteiger charge is -2.15. The van der Waals surface area contributed by atoms with Crippen molar-refractivity contribution in [1.29, 1.82) is 0 Å². The number of hydrogen-bond donors (Lipinski definition) is 1. The molecule has 0 amide bonds. The molecule has 1 unspecified atom stereocenters. The van der Waals surface area contributed by atoms with Crippen molar-refractivity contribution in [2.24, 2.45) is 5.92 Å². The average Bonchev–Trinajstić information content (AvgIpc) is 3.03. The lowest BCUT2D eigenvalue weighted by Crippen LogP contribution is -2.08. The van der Waals surface area contributed by atoms with Crippen molar-refractivity contribution in [2.75, 3.05) is 6.61 Å². The number of carboxylic acids is 1. The van der Waals surface area contributed by atoms with Crippen molar-refractivity contribution in [2.45, 2.75) is 31.6 Å². The lowest BCUT2D eigenvalue weighted by atomic mass is 9.90. The minimum Gasteiger partial charge on any atom is -0.493 e. The van der Waals surface area contributed by atoms with E-state index in [9.17, 15) is 4.79 Å². The Kier molecular flexibility index (Phi) is 2.54. The summed E-state index contributed by atoms with van der Waals surface area (Å²) in [6, 6.07) is 6.22. The molecular weight excluding hydrogens is 216 g/mol. The SMILES string of the molecule is O=C(O)CC(c1ccc2c(c1)OCC2)C1CC1. The summed E-state index contributed by atoms with van der Waals surface area (Å²) in [7, 11) is 0. The number of ether oxygens (including phenoxy) is 1. The Morgan fingerprint density at radius 2 is 2.29 bits per heavy atom. The monoisotopic (exact) mass is 232 g/mol. The van der Waals surface area contributed by atoms with Crippen LogP contribution in [-0.4, -0.2) is 17.7 Å². The van der Waals surface area contributed by atoms with Gasteiger partial charge in [-0.1, -0.05) is 12.1 Å². The van der Waals surface area contributed by atoms with Crippen molar-refractivity contribution < 1.29 is 14.6 Å². The zero-order chi connectivity index (χ0) is 11.8. The normalized spacial score (nSPS) is 19.5. The first-order chi connectivity index (χ1) is 8.24. The molecule has 0 saturated heterocycles. The predicted molar refractivity (Wildman–Crippen MR) is 63.4 cm³/mol. The Morgan fingerprint density at radius 1 is 1.47 bits per heavy atom. The Labute approximate surface area is 100 Å². The van der Waals surface area contributed by atoms with Crippen molar-refractivity contribution in [1.82, 2.24) is 0 Å². The van der Waals surface area contributed by atoms with E-state index in [0.717, 1.165) is 37.2 Å². The highest BCUT2D eigenvalue weighted by Crippen LogP contribution is 2.45. The van der Waals surface area contributed by atoms with Crippen LogP contribution in [0, 0.1) is 5.92 Å². The van der Waals surface area contributed by atoms with Crippen LogP contribution in [0.4, 0.5) is 0 Å². The smallest absolute Gasteiger partial charge is 0.303 e. The van der Waals surface area contributed by atoms with Gasteiger partial charge in [0.2, 0.25) is 0 Å². The molecule has 0 aromatic heterocycles. The molecule has 1 N–H and O–H groups in total. The van der Waals surface area contributed by atoms with E-state index in [1.807, 2.05) is 6.07 Å². The number of benzene rings is 1. The second-order valence-corrected chi connectivity index (χ2v) is 5.01. The molecule has 1 saturated carbocycles. The van der Waals surface area contributed by atoms with E-state index in [1.165, 1.54) is 5.56 Å². The standard InChI is InChI=1S/C14H16O3/c15-14(16)8-12(9-1-2-9)11-4-3-10-5-6-17-13(10)7-11/h3-4,7,9,12H,1-2,5-6,8H2,(H,15,16). The summed E-state index contributed by atoms with van der Waals surface area (Å²) in [5.41, 5.74) is 2.38. The van der Waals surface area contributed by atoms with E-state index < -0.39 is 5.97 Å². The Balaban J connectivity index is 1.87. The van der Waals surface area contributed by atoms with Crippen molar-refractivity contribution in [3.05, 3.63) is 29.3 Å². The number of aliphatic carboxylic acids is 1. The van der Waals surface area contributed by atoms with Gasteiger partial charge in [-0.2, -0.15) is 0 Å². The molecule has 0 radical (unpaired) electrons. The van der Waals surface area contributed by atoms with E-state index in [1.54, 1.807) is 0 Å². The van der Waals surface area contributed by atoms with E-state index in [-0.39, 0.29) is 12.3 Å². The summed E-state index contributed by atoms with van der Waals surface area (Å²) in [6.45, 7) is 0.756. The molecule has 17 heavy (non-hydrogen) atoms. The average molecular weight is 232 g/mol. The Bertz CT molecular complexity index is 449. The van der Waals surface area contributed by atoms with Crippen molar-refractivity contribution in [3.63, 3.8) is 0 Å². The third kappa shape index (κ3) is 2.14. The second-order valence-electron chi connectivity index (χ2n) is 5.01. The summed E-state index contributed by atoms with van der Waals surface area (Å²) in [4.78, 5) is 10.9. The molecule has 0 bridgehead atoms. The van der Waals surface area contributed by atoms with Crippen LogP contribution in [0.2, 0.25) is 0 Å². The molecule has 3 rings (SSSR count). The molecule has 1 heterocycles. The lowest BCUT2D eigenvalue weighted by molar-refractivity contribution is -0.137. The van der Waals surface area contributed by atoms with Crippen LogP contribution < -0.4 is 4.74 Å². The molecule has 1 aromatic carbocycles. The molecule has 3 nitrogen and oxygen atoms in total. The summed E-state index contributed by atoms with van der Waals surface area (Å²) in [5, 5.41) is 8.98. The second kappa shape index (κ2) is 4.06. The maximum Gasteiger partial charge on any atom is 0.303 e. The molecule has 1 aliphatic carbocycles. The van der Waals surface area contributed by atoms with Crippen LogP contribution in [0.15, 0.2) is 18.2 Å². The highest BCUT2D eigenvalue weighted by molar-refractivity contribution is 5.68. The van der Waals surface area contributed by atoms with Crippen LogP contribution in [0.5, 0.6) is 5.75 Å². The number of fused-ring (bicyclic) bond motifs is 1. The molecule has 1 aromatic rings. The number of hydrogen-bond acceptors (Lipinski definition) is 2. The minimum atomic E-state index is -0.705. The van der Waals surface area contributed by atoms with Gasteiger partial charge in [-0.25, -0.2) is 0 Å². The minimum absolute atomic E-state index is 0.169. The summed E-state index contributed by atoms with van der Waals surface area (Å²) in [5.74, 6) is 0.981. The first-order valence-electron chi connectivity index (χ1n) is 6.21. The van der Waals surface area contributed by atoms with Crippen LogP contribution in [0.1, 0.15) is 36.3 Å². The fourth-order valence-electron chi connectivity index (χ4n) is 2.66. The number of rotatable bonds is 4. The molecule has 1 aliphatic heterocycles. The largest absolute Gasteiger partial charge is 0.493 e. The number of carbonyl (C=O) groups is 1. The van der Waals surface area contributed by atoms with E-state index in [0.29, 0.717) is 5.92 Å². The highest BCUT2D eigenvalue weighted by Gasteiger charge is 2.34. The molecule has 0 spiro atoms. The van der Waals surface area contributed by atoms with Gasteiger partial charge in [0, 0.05) is 6.42 Å². The van der Waals surface area contributed by atoms with Gasteiger partial charge in [0.05, 0.1) is 13.0 Å². The first kappa shape index (κ1) is 10.6. The molecular formula is C14H16O3. The van der Waals surface area contributed by atoms with Crippen LogP contribution in [0.3, 0.4) is 0 Å². The fourth-order valence-corrected chi connectivity index (χ4v) is 2.66. The number of carboxylic acid groups (broad SMARTS) is 1. The van der Waals surface area contributed by atoms with E-state index in [2.05, 4.69) is 12.1 Å². The molecule has 1 fully saturated rings. The van der Waals surface area contributed by atoms with Gasteiger partial charge in [0.1, 0.15) is 5.75 Å². The third-order valence-corrected chi connectivity index (χ3v) is 3.73. The van der Waals surface area contributed by atoms with E-state index in [4.69, 9.17) is 9.84 Å². The zero-order valence-electron chi connectivity index (χ0n) is 9.69. The zero-order valence-corrected chi connectivity index (χ0v) is 9.69. The van der Waals surface area contributed by atoms with Crippen LogP contribution in [-0.2, 0) is 11.2 Å². The summed E-state index contributed by atoms with van der Waals surface area (Å²) >= 11 is 0. The quantitative estimate of drug-likeness (QED) is 0.867. The van der Waals surface area contributed by atoms with Gasteiger partial charge in [0.25, 0.3) is 0 Å². The maximum absolute atomic E-state index is 10.9. The Hall–Kier alpha value is -1.51. The fraction of sp³-hybridized carbons (Fsp3) is 0.500. The molecule has 1 atom stereocenters. The summed E-state index contributed by atoms with van der Waals surface area (Å²) in [6.07, 6.45) is 3.54. The van der Waals surface area contributed by atoms with Gasteiger partial charge in [-0.15, -0.1) is 0 Å². The van der Waals surface area contributed by atoms with Gasteiger partial charge in [0.15, 0.2) is 0 Å². The summed E-state index contributed by atoms with van der Waals surface area (Å²) < 4.78 is 5.55. The van der Waals surface area contributed by atoms with Crippen molar-refractivity contribution in [3.8, 4) is 5.75 Å². The topological polar surface area (TPSA) is 46.5 Å². The Morgan fingerprint density at radius 3 is 3.00 bits per heavy atom. The van der Waals surface area contributed by atoms with Crippen LogP contribution >= 0.6 is 0 Å².